The van der Waals surface area contributed by atoms with Crippen molar-refractivity contribution >= 4 is 58.3 Å². The number of hydrogen-bond donors (Lipinski definition) is 0. The van der Waals surface area contributed by atoms with Gasteiger partial charge >= 0.3 is 0 Å². The number of carbonyl (C=O) groups excluding carboxylic acids is 1. The van der Waals surface area contributed by atoms with Gasteiger partial charge in [0, 0.05) is 23.2 Å². The largest absolute Gasteiger partial charge is 0.289 e. The van der Waals surface area contributed by atoms with E-state index < -0.39 is 0 Å². The zero-order chi connectivity index (χ0) is 15.4. The van der Waals surface area contributed by atoms with Crippen LogP contribution in [0.5, 0.6) is 0 Å². The lowest BCUT2D eigenvalue weighted by Crippen LogP contribution is -1.98. The van der Waals surface area contributed by atoms with Crippen molar-refractivity contribution in [3.05, 3.63) is 56.8 Å². The Hall–Kier alpha value is -1.000. The van der Waals surface area contributed by atoms with Crippen LogP contribution in [0.4, 0.5) is 0 Å². The summed E-state index contributed by atoms with van der Waals surface area (Å²) in [7, 11) is 0. The average Bonchev–Trinajstić information content (AvgIpc) is 2.90. The molecule has 1 aromatic heterocycles. The van der Waals surface area contributed by atoms with E-state index in [9.17, 15) is 4.79 Å². The molecular formula is C14H10Cl4N2O. The van der Waals surface area contributed by atoms with Crippen LogP contribution in [0, 0.1) is 0 Å². The van der Waals surface area contributed by atoms with Crippen LogP contribution in [0.25, 0.3) is 6.08 Å². The van der Waals surface area contributed by atoms with Crippen LogP contribution >= 0.6 is 46.4 Å². The lowest BCUT2D eigenvalue weighted by molar-refractivity contribution is 0.104. The molecule has 0 aliphatic rings. The van der Waals surface area contributed by atoms with Gasteiger partial charge in [-0.05, 0) is 24.3 Å². The minimum absolute atomic E-state index is 0.150. The lowest BCUT2D eigenvalue weighted by atomic mass is 10.1. The van der Waals surface area contributed by atoms with Crippen molar-refractivity contribution in [1.82, 2.24) is 9.78 Å². The third kappa shape index (κ3) is 4.01. The van der Waals surface area contributed by atoms with E-state index in [1.165, 1.54) is 12.1 Å². The highest BCUT2D eigenvalue weighted by molar-refractivity contribution is 6.49. The number of benzene rings is 1. The summed E-state index contributed by atoms with van der Waals surface area (Å²) >= 11 is 23.4. The zero-order valence-corrected chi connectivity index (χ0v) is 13.7. The fourth-order valence-electron chi connectivity index (χ4n) is 1.65. The van der Waals surface area contributed by atoms with Crippen LogP contribution in [-0.4, -0.2) is 21.4 Å². The molecule has 2 rings (SSSR count). The second-order valence-corrected chi connectivity index (χ2v) is 5.69. The Morgan fingerprint density at radius 2 is 2.00 bits per heavy atom. The zero-order valence-electron chi connectivity index (χ0n) is 10.7. The topological polar surface area (TPSA) is 34.9 Å². The predicted molar refractivity (Wildman–Crippen MR) is 87.8 cm³/mol. The van der Waals surface area contributed by atoms with Gasteiger partial charge in [0.25, 0.3) is 0 Å². The monoisotopic (exact) mass is 362 g/mol. The maximum absolute atomic E-state index is 12.1. The van der Waals surface area contributed by atoms with Crippen LogP contribution in [0.3, 0.4) is 0 Å². The lowest BCUT2D eigenvalue weighted by Gasteiger charge is -2.03. The van der Waals surface area contributed by atoms with E-state index in [0.717, 1.165) is 5.56 Å². The molecular weight excluding hydrogens is 354 g/mol. The summed E-state index contributed by atoms with van der Waals surface area (Å²) in [5, 5.41) is 4.74. The highest BCUT2D eigenvalue weighted by atomic mass is 35.5. The van der Waals surface area contributed by atoms with Gasteiger partial charge in [0.2, 0.25) is 0 Å². The Bertz CT molecular complexity index is 694. The summed E-state index contributed by atoms with van der Waals surface area (Å²) in [6.45, 7) is 0.613. The number of carbonyl (C=O) groups is 1. The van der Waals surface area contributed by atoms with Crippen LogP contribution in [0.1, 0.15) is 15.9 Å². The maximum atomic E-state index is 12.1. The molecule has 7 heteroatoms. The molecule has 0 aliphatic heterocycles. The van der Waals surface area contributed by atoms with Gasteiger partial charge in [-0.2, -0.15) is 5.10 Å². The van der Waals surface area contributed by atoms with Crippen molar-refractivity contribution in [2.45, 2.75) is 6.54 Å². The molecule has 0 atom stereocenters. The minimum atomic E-state index is -0.260. The predicted octanol–water partition coefficient (Wildman–Crippen LogP) is 4.98. The van der Waals surface area contributed by atoms with Crippen molar-refractivity contribution < 1.29 is 4.79 Å². The Morgan fingerprint density at radius 3 is 2.71 bits per heavy atom. The SMILES string of the molecule is O=C(/C=C/c1cnn(CCCl)c1)c1ccc(Cl)c(Cl)c1Cl. The fourth-order valence-corrected chi connectivity index (χ4v) is 2.45. The van der Waals surface area contributed by atoms with E-state index in [-0.39, 0.29) is 15.8 Å². The van der Waals surface area contributed by atoms with E-state index in [4.69, 9.17) is 46.4 Å². The van der Waals surface area contributed by atoms with E-state index in [0.29, 0.717) is 23.0 Å². The highest BCUT2D eigenvalue weighted by Crippen LogP contribution is 2.33. The van der Waals surface area contributed by atoms with Crippen LogP contribution < -0.4 is 0 Å². The Labute approximate surface area is 142 Å². The smallest absolute Gasteiger partial charge is 0.187 e. The van der Waals surface area contributed by atoms with E-state index in [1.807, 2.05) is 0 Å². The van der Waals surface area contributed by atoms with Crippen molar-refractivity contribution in [1.29, 1.82) is 0 Å². The summed E-state index contributed by atoms with van der Waals surface area (Å²) in [4.78, 5) is 12.1. The summed E-state index contributed by atoms with van der Waals surface area (Å²) < 4.78 is 1.70. The van der Waals surface area contributed by atoms with Crippen molar-refractivity contribution in [2.75, 3.05) is 5.88 Å². The maximum Gasteiger partial charge on any atom is 0.187 e. The number of rotatable bonds is 5. The minimum Gasteiger partial charge on any atom is -0.289 e. The Morgan fingerprint density at radius 1 is 1.24 bits per heavy atom. The molecule has 0 saturated carbocycles. The Balaban J connectivity index is 2.17. The number of hydrogen-bond acceptors (Lipinski definition) is 2. The standard InChI is InChI=1S/C14H10Cl4N2O/c15-5-6-20-8-9(7-19-20)1-4-12(21)10-2-3-11(16)14(18)13(10)17/h1-4,7-8H,5-6H2/b4-1+. The van der Waals surface area contributed by atoms with Gasteiger partial charge in [0.15, 0.2) is 5.78 Å². The number of halogens is 4. The normalized spacial score (nSPS) is 11.2. The van der Waals surface area contributed by atoms with Gasteiger partial charge in [-0.1, -0.05) is 34.8 Å². The molecule has 21 heavy (non-hydrogen) atoms. The molecule has 0 aliphatic carbocycles. The molecule has 1 heterocycles. The first-order valence-corrected chi connectivity index (χ1v) is 7.64. The number of aromatic nitrogens is 2. The summed E-state index contributed by atoms with van der Waals surface area (Å²) in [5.74, 6) is 0.214. The number of ketones is 1. The summed E-state index contributed by atoms with van der Waals surface area (Å²) in [6, 6.07) is 3.08. The van der Waals surface area contributed by atoms with Gasteiger partial charge in [-0.25, -0.2) is 0 Å². The third-order valence-corrected chi connectivity index (χ3v) is 4.16. The van der Waals surface area contributed by atoms with Crippen LogP contribution in [0.2, 0.25) is 15.1 Å². The number of alkyl halides is 1. The fraction of sp³-hybridized carbons (Fsp3) is 0.143. The molecule has 1 aromatic carbocycles. The van der Waals surface area contributed by atoms with Crippen molar-refractivity contribution in [2.24, 2.45) is 0 Å². The molecule has 0 spiro atoms. The quantitative estimate of drug-likeness (QED) is 0.325. The summed E-state index contributed by atoms with van der Waals surface area (Å²) in [6.07, 6.45) is 6.50. The first-order valence-electron chi connectivity index (χ1n) is 5.97. The first-order chi connectivity index (χ1) is 10.0. The van der Waals surface area contributed by atoms with E-state index >= 15 is 0 Å². The third-order valence-electron chi connectivity index (χ3n) is 2.69. The molecule has 110 valence electrons. The van der Waals surface area contributed by atoms with Gasteiger partial charge in [0.1, 0.15) is 0 Å². The van der Waals surface area contributed by atoms with Gasteiger partial charge in [0.05, 0.1) is 27.8 Å². The summed E-state index contributed by atoms with van der Waals surface area (Å²) in [5.41, 5.74) is 1.10. The molecule has 0 saturated heterocycles. The number of allylic oxidation sites excluding steroid dienone is 1. The highest BCUT2D eigenvalue weighted by Gasteiger charge is 2.13. The molecule has 2 aromatic rings. The van der Waals surface area contributed by atoms with E-state index in [1.54, 1.807) is 29.2 Å². The van der Waals surface area contributed by atoms with Crippen molar-refractivity contribution in [3.8, 4) is 0 Å². The van der Waals surface area contributed by atoms with Gasteiger partial charge < -0.3 is 0 Å². The molecule has 0 radical (unpaired) electrons. The second-order valence-electron chi connectivity index (χ2n) is 4.15. The van der Waals surface area contributed by atoms with Crippen LogP contribution in [-0.2, 0) is 6.54 Å². The number of nitrogens with zero attached hydrogens (tertiary/aromatic N) is 2. The second kappa shape index (κ2) is 7.32. The van der Waals surface area contributed by atoms with Crippen molar-refractivity contribution in [3.63, 3.8) is 0 Å². The van der Waals surface area contributed by atoms with Crippen LogP contribution in [0.15, 0.2) is 30.6 Å². The molecule has 3 nitrogen and oxygen atoms in total. The van der Waals surface area contributed by atoms with E-state index in [2.05, 4.69) is 5.10 Å². The average molecular weight is 364 g/mol. The first kappa shape index (κ1) is 16.4. The molecule has 0 fully saturated rings. The Kier molecular flexibility index (Phi) is 5.71. The molecule has 0 N–H and O–H groups in total. The molecule has 0 amide bonds. The van der Waals surface area contributed by atoms with Gasteiger partial charge in [-0.15, -0.1) is 11.6 Å². The van der Waals surface area contributed by atoms with Gasteiger partial charge in [-0.3, -0.25) is 9.48 Å². The molecule has 0 unspecified atom stereocenters. The molecule has 0 bridgehead atoms. The number of aryl methyl sites for hydroxylation is 1.